The van der Waals surface area contributed by atoms with E-state index in [-0.39, 0.29) is 43.9 Å². The number of hydrogen-bond donors (Lipinski definition) is 10. The third-order valence-electron chi connectivity index (χ3n) is 5.96. The summed E-state index contributed by atoms with van der Waals surface area (Å²) in [6, 6.07) is 0.613. The maximum absolute atomic E-state index is 13.2. The van der Waals surface area contributed by atoms with Crippen LogP contribution in [0.2, 0.25) is 0 Å². The lowest BCUT2D eigenvalue weighted by Crippen LogP contribution is -2.60. The number of aromatic amines is 1. The van der Waals surface area contributed by atoms with Gasteiger partial charge >= 0.3 is 5.97 Å². The summed E-state index contributed by atoms with van der Waals surface area (Å²) in [5.74, 6) is -3.93. The highest BCUT2D eigenvalue weighted by Crippen LogP contribution is 2.12. The predicted molar refractivity (Wildman–Crippen MR) is 147 cm³/mol. The van der Waals surface area contributed by atoms with Crippen LogP contribution >= 0.6 is 0 Å². The third-order valence-corrected chi connectivity index (χ3v) is 5.96. The zero-order valence-electron chi connectivity index (χ0n) is 22.5. The van der Waals surface area contributed by atoms with Crippen molar-refractivity contribution >= 4 is 29.7 Å². The zero-order valence-corrected chi connectivity index (χ0v) is 22.5. The van der Waals surface area contributed by atoms with Gasteiger partial charge in [-0.25, -0.2) is 9.78 Å². The summed E-state index contributed by atoms with van der Waals surface area (Å²) < 4.78 is 0. The number of amides is 3. The van der Waals surface area contributed by atoms with Crippen LogP contribution < -0.4 is 33.2 Å². The lowest BCUT2D eigenvalue weighted by Gasteiger charge is -2.26. The first-order chi connectivity index (χ1) is 19.4. The first kappa shape index (κ1) is 32.5. The number of phenols is 1. The van der Waals surface area contributed by atoms with E-state index in [1.807, 2.05) is 0 Å². The molecule has 41 heavy (non-hydrogen) atoms. The lowest BCUT2D eigenvalue weighted by molar-refractivity contribution is -0.142. The second-order valence-electron chi connectivity index (χ2n) is 9.39. The highest BCUT2D eigenvalue weighted by Gasteiger charge is 2.32. The Kier molecular flexibility index (Phi) is 12.5. The van der Waals surface area contributed by atoms with Crippen LogP contribution in [-0.4, -0.2) is 91.8 Å². The van der Waals surface area contributed by atoms with Gasteiger partial charge in [0.25, 0.3) is 0 Å². The van der Waals surface area contributed by atoms with Crippen molar-refractivity contribution in [2.45, 2.75) is 62.9 Å². The molecule has 0 bridgehead atoms. The molecule has 16 heteroatoms. The molecule has 3 amide bonds. The molecule has 5 atom stereocenters. The maximum Gasteiger partial charge on any atom is 0.326 e. The molecule has 16 nitrogen and oxygen atoms in total. The van der Waals surface area contributed by atoms with Crippen molar-refractivity contribution in [1.29, 1.82) is 0 Å². The molecule has 0 spiro atoms. The molecule has 1 aromatic heterocycles. The number of aromatic hydroxyl groups is 1. The molecule has 13 N–H and O–H groups in total. The molecule has 0 saturated heterocycles. The number of aliphatic hydroxyl groups excluding tert-OH is 1. The van der Waals surface area contributed by atoms with Gasteiger partial charge in [0, 0.05) is 31.3 Å². The van der Waals surface area contributed by atoms with Crippen LogP contribution in [0.3, 0.4) is 0 Å². The number of hydrogen-bond acceptors (Lipinski definition) is 9. The molecular formula is C25H37N9O7. The first-order valence-corrected chi connectivity index (χ1v) is 12.8. The number of H-pyrrole nitrogens is 1. The number of carbonyl (C=O) groups is 4. The SMILES string of the molecule is CC(O)C(NC(=O)C(N)Cc1cnc[nH]1)C(=O)NC(CCCN=C(N)N)C(=O)NC(Cc1ccc(O)cc1)C(=O)O. The normalized spacial score (nSPS) is 14.5. The second kappa shape index (κ2) is 15.8. The van der Waals surface area contributed by atoms with Crippen molar-refractivity contribution in [3.05, 3.63) is 48.0 Å². The number of imidazole rings is 1. The van der Waals surface area contributed by atoms with Gasteiger partial charge < -0.3 is 53.5 Å². The average Bonchev–Trinajstić information content (AvgIpc) is 3.42. The Balaban J connectivity index is 2.14. The number of nitrogens with zero attached hydrogens (tertiary/aromatic N) is 2. The van der Waals surface area contributed by atoms with Gasteiger partial charge in [0.1, 0.15) is 23.9 Å². The van der Waals surface area contributed by atoms with Crippen LogP contribution in [0, 0.1) is 0 Å². The van der Waals surface area contributed by atoms with Crippen LogP contribution in [-0.2, 0) is 32.0 Å². The van der Waals surface area contributed by atoms with Crippen molar-refractivity contribution in [2.24, 2.45) is 22.2 Å². The fourth-order valence-electron chi connectivity index (χ4n) is 3.77. The van der Waals surface area contributed by atoms with Crippen molar-refractivity contribution in [1.82, 2.24) is 25.9 Å². The molecule has 0 aliphatic rings. The molecular weight excluding hydrogens is 538 g/mol. The maximum atomic E-state index is 13.2. The Morgan fingerprint density at radius 2 is 1.66 bits per heavy atom. The second-order valence-corrected chi connectivity index (χ2v) is 9.39. The van der Waals surface area contributed by atoms with Crippen LogP contribution in [0.4, 0.5) is 0 Å². The van der Waals surface area contributed by atoms with E-state index in [1.54, 1.807) is 0 Å². The number of rotatable bonds is 16. The molecule has 0 aliphatic carbocycles. The molecule has 0 fully saturated rings. The van der Waals surface area contributed by atoms with Crippen LogP contribution in [0.5, 0.6) is 5.75 Å². The van der Waals surface area contributed by atoms with Gasteiger partial charge in [-0.15, -0.1) is 0 Å². The number of phenolic OH excluding ortho intramolecular Hbond substituents is 1. The molecule has 2 aromatic rings. The van der Waals surface area contributed by atoms with Crippen molar-refractivity contribution in [3.8, 4) is 5.75 Å². The number of nitrogens with two attached hydrogens (primary N) is 3. The van der Waals surface area contributed by atoms with E-state index in [0.717, 1.165) is 0 Å². The van der Waals surface area contributed by atoms with Crippen molar-refractivity contribution in [3.63, 3.8) is 0 Å². The van der Waals surface area contributed by atoms with E-state index in [4.69, 9.17) is 17.2 Å². The predicted octanol–water partition coefficient (Wildman–Crippen LogP) is -2.80. The zero-order chi connectivity index (χ0) is 30.5. The minimum atomic E-state index is -1.48. The van der Waals surface area contributed by atoms with E-state index >= 15 is 0 Å². The number of aliphatic imine (C=N–C) groups is 1. The topological polar surface area (TPSA) is 284 Å². The lowest BCUT2D eigenvalue weighted by atomic mass is 10.0. The standard InChI is InChI=1S/C25H37N9O7/c1-13(35)20(34-21(37)17(26)10-15-11-29-12-31-15)23(39)32-18(3-2-8-30-25(27)28)22(38)33-19(24(40)41)9-14-4-6-16(36)7-5-14/h4-7,11-13,17-20,35-36H,2-3,8-10,26H2,1H3,(H,29,31)(H,32,39)(H,33,38)(H,34,37)(H,40,41)(H4,27,28,30). The number of aromatic nitrogens is 2. The summed E-state index contributed by atoms with van der Waals surface area (Å²) in [6.45, 7) is 1.40. The number of benzene rings is 1. The summed E-state index contributed by atoms with van der Waals surface area (Å²) in [5.41, 5.74) is 17.7. The minimum Gasteiger partial charge on any atom is -0.508 e. The molecule has 1 heterocycles. The van der Waals surface area contributed by atoms with E-state index in [2.05, 4.69) is 30.9 Å². The number of nitrogens with one attached hydrogen (secondary N) is 4. The van der Waals surface area contributed by atoms with Gasteiger partial charge in [-0.05, 0) is 37.5 Å². The highest BCUT2D eigenvalue weighted by molar-refractivity contribution is 5.94. The van der Waals surface area contributed by atoms with Crippen LogP contribution in [0.1, 0.15) is 31.0 Å². The fraction of sp³-hybridized carbons (Fsp3) is 0.440. The quantitative estimate of drug-likeness (QED) is 0.0554. The molecule has 0 aliphatic heterocycles. The minimum absolute atomic E-state index is 0.000282. The molecule has 1 aromatic carbocycles. The molecule has 0 radical (unpaired) electrons. The number of carbonyl (C=O) groups excluding carboxylic acids is 3. The van der Waals surface area contributed by atoms with Crippen LogP contribution in [0.25, 0.3) is 0 Å². The largest absolute Gasteiger partial charge is 0.508 e. The Bertz CT molecular complexity index is 1180. The Morgan fingerprint density at radius 1 is 1.00 bits per heavy atom. The molecule has 5 unspecified atom stereocenters. The highest BCUT2D eigenvalue weighted by atomic mass is 16.4. The Hall–Kier alpha value is -4.70. The summed E-state index contributed by atoms with van der Waals surface area (Å²) in [4.78, 5) is 61.3. The monoisotopic (exact) mass is 575 g/mol. The molecule has 2 rings (SSSR count). The third kappa shape index (κ3) is 11.1. The van der Waals surface area contributed by atoms with Gasteiger partial charge in [0.15, 0.2) is 5.96 Å². The number of guanidine groups is 1. The van der Waals surface area contributed by atoms with Gasteiger partial charge in [-0.1, -0.05) is 12.1 Å². The van der Waals surface area contributed by atoms with E-state index in [0.29, 0.717) is 11.3 Å². The molecule has 224 valence electrons. The van der Waals surface area contributed by atoms with Crippen molar-refractivity contribution < 1.29 is 34.5 Å². The molecule has 0 saturated carbocycles. The first-order valence-electron chi connectivity index (χ1n) is 12.8. The smallest absolute Gasteiger partial charge is 0.326 e. The average molecular weight is 576 g/mol. The number of carboxylic acid groups (broad SMARTS) is 1. The van der Waals surface area contributed by atoms with E-state index in [1.165, 1.54) is 43.7 Å². The number of aliphatic carboxylic acids is 1. The number of carboxylic acids is 1. The Morgan fingerprint density at radius 3 is 2.22 bits per heavy atom. The van der Waals surface area contributed by atoms with Gasteiger partial charge in [0.05, 0.1) is 18.5 Å². The van der Waals surface area contributed by atoms with E-state index in [9.17, 15) is 34.5 Å². The Labute approximate surface area is 235 Å². The van der Waals surface area contributed by atoms with Crippen molar-refractivity contribution in [2.75, 3.05) is 6.54 Å². The summed E-state index contributed by atoms with van der Waals surface area (Å²) in [6.07, 6.45) is 1.76. The fourth-order valence-corrected chi connectivity index (χ4v) is 3.77. The van der Waals surface area contributed by atoms with E-state index < -0.39 is 54.0 Å². The number of aliphatic hydroxyl groups is 1. The van der Waals surface area contributed by atoms with Gasteiger partial charge in [0.2, 0.25) is 17.7 Å². The van der Waals surface area contributed by atoms with Gasteiger partial charge in [-0.3, -0.25) is 19.4 Å². The summed E-state index contributed by atoms with van der Waals surface area (Å²) in [5, 5.41) is 36.6. The summed E-state index contributed by atoms with van der Waals surface area (Å²) >= 11 is 0. The van der Waals surface area contributed by atoms with Crippen LogP contribution in [0.15, 0.2) is 41.8 Å². The van der Waals surface area contributed by atoms with Gasteiger partial charge in [-0.2, -0.15) is 0 Å². The summed E-state index contributed by atoms with van der Waals surface area (Å²) in [7, 11) is 0.